The van der Waals surface area contributed by atoms with Gasteiger partial charge in [0.05, 0.1) is 0 Å². The third-order valence-corrected chi connectivity index (χ3v) is 7.69. The molecule has 8 rings (SSSR count). The van der Waals surface area contributed by atoms with Gasteiger partial charge in [0, 0.05) is 36.7 Å². The van der Waals surface area contributed by atoms with E-state index in [1.54, 1.807) is 24.8 Å². The van der Waals surface area contributed by atoms with E-state index in [1.807, 2.05) is 99.8 Å². The molecule has 0 aliphatic heterocycles. The van der Waals surface area contributed by atoms with Crippen molar-refractivity contribution in [2.45, 2.75) is 41.5 Å². The highest BCUT2D eigenvalue weighted by molar-refractivity contribution is 5.64. The maximum absolute atomic E-state index is 3.98. The molecule has 0 radical (unpaired) electrons. The van der Waals surface area contributed by atoms with Crippen LogP contribution in [0.4, 0.5) is 0 Å². The first-order valence-electron chi connectivity index (χ1n) is 18.2. The maximum atomic E-state index is 3.98. The lowest BCUT2D eigenvalue weighted by atomic mass is 10.0. The molecule has 0 saturated heterocycles. The van der Waals surface area contributed by atoms with Gasteiger partial charge < -0.3 is 0 Å². The highest BCUT2D eigenvalue weighted by Crippen LogP contribution is 2.20. The van der Waals surface area contributed by atoms with Gasteiger partial charge in [0.15, 0.2) is 0 Å². The molecule has 3 heterocycles. The number of pyridine rings is 3. The van der Waals surface area contributed by atoms with Crippen LogP contribution in [0, 0.1) is 41.5 Å². The summed E-state index contributed by atoms with van der Waals surface area (Å²) in [7, 11) is 0. The van der Waals surface area contributed by atoms with Crippen LogP contribution in [0.3, 0.4) is 0 Å². The minimum Gasteiger partial charge on any atom is -0.265 e. The van der Waals surface area contributed by atoms with Crippen LogP contribution < -0.4 is 0 Å². The third kappa shape index (κ3) is 18.7. The van der Waals surface area contributed by atoms with Gasteiger partial charge in [-0.1, -0.05) is 168 Å². The van der Waals surface area contributed by atoms with Gasteiger partial charge in [0.1, 0.15) is 0 Å². The van der Waals surface area contributed by atoms with Gasteiger partial charge in [-0.25, -0.2) is 0 Å². The minimum atomic E-state index is 1.07. The first-order valence-corrected chi connectivity index (χ1v) is 18.2. The van der Waals surface area contributed by atoms with E-state index in [9.17, 15) is 0 Å². The first-order chi connectivity index (χ1) is 26.3. The predicted molar refractivity (Wildman–Crippen MR) is 231 cm³/mol. The third-order valence-electron chi connectivity index (χ3n) is 7.69. The van der Waals surface area contributed by atoms with Crippen LogP contribution in [0.15, 0.2) is 213 Å². The monoisotopic (exact) mass is 707 g/mol. The fourth-order valence-corrected chi connectivity index (χ4v) is 4.69. The van der Waals surface area contributed by atoms with E-state index in [-0.39, 0.29) is 0 Å². The van der Waals surface area contributed by atoms with Gasteiger partial charge in [-0.15, -0.1) is 0 Å². The summed E-state index contributed by atoms with van der Waals surface area (Å²) in [6.45, 7) is 12.3. The van der Waals surface area contributed by atoms with Crippen LogP contribution in [-0.2, 0) is 0 Å². The van der Waals surface area contributed by atoms with Crippen molar-refractivity contribution in [3.8, 4) is 22.3 Å². The summed E-state index contributed by atoms with van der Waals surface area (Å²) in [4.78, 5) is 11.7. The Morgan fingerprint density at radius 1 is 0.278 bits per heavy atom. The summed E-state index contributed by atoms with van der Waals surface area (Å²) in [6, 6.07) is 62.0. The summed E-state index contributed by atoms with van der Waals surface area (Å²) in [5, 5.41) is 0. The van der Waals surface area contributed by atoms with Gasteiger partial charge in [0.25, 0.3) is 0 Å². The van der Waals surface area contributed by atoms with Gasteiger partial charge in [-0.05, 0) is 105 Å². The van der Waals surface area contributed by atoms with Crippen LogP contribution in [-0.4, -0.2) is 15.0 Å². The predicted octanol–water partition coefficient (Wildman–Crippen LogP) is 13.5. The Labute approximate surface area is 324 Å². The second kappa shape index (κ2) is 25.5. The van der Waals surface area contributed by atoms with E-state index >= 15 is 0 Å². The molecule has 0 N–H and O–H groups in total. The van der Waals surface area contributed by atoms with Crippen LogP contribution in [0.5, 0.6) is 0 Å². The second-order valence-electron chi connectivity index (χ2n) is 12.6. The van der Waals surface area contributed by atoms with Crippen molar-refractivity contribution in [1.29, 1.82) is 0 Å². The minimum absolute atomic E-state index is 1.07. The largest absolute Gasteiger partial charge is 0.265 e. The first kappa shape index (κ1) is 42.0. The lowest BCUT2D eigenvalue weighted by molar-refractivity contribution is 1.20. The molecule has 272 valence electrons. The number of nitrogens with zero attached hydrogens (tertiary/aromatic N) is 3. The molecule has 3 nitrogen and oxygen atoms in total. The van der Waals surface area contributed by atoms with E-state index in [2.05, 4.69) is 145 Å². The number of aryl methyl sites for hydroxylation is 6. The van der Waals surface area contributed by atoms with E-state index in [4.69, 9.17) is 0 Å². The highest BCUT2D eigenvalue weighted by Gasteiger charge is 1.95. The summed E-state index contributed by atoms with van der Waals surface area (Å²) >= 11 is 0. The summed E-state index contributed by atoms with van der Waals surface area (Å²) in [5.74, 6) is 0. The summed E-state index contributed by atoms with van der Waals surface area (Å²) in [6.07, 6.45) is 8.97. The Morgan fingerprint density at radius 2 is 0.741 bits per heavy atom. The van der Waals surface area contributed by atoms with Crippen molar-refractivity contribution >= 4 is 0 Å². The van der Waals surface area contributed by atoms with Crippen molar-refractivity contribution in [3.05, 3.63) is 246 Å². The Hall–Kier alpha value is -6.45. The Kier molecular flexibility index (Phi) is 19.8. The smallest absolute Gasteiger partial charge is 0.0372 e. The fraction of sp³-hybridized carbons (Fsp3) is 0.118. The Bertz CT molecular complexity index is 1920. The van der Waals surface area contributed by atoms with E-state index in [0.29, 0.717) is 0 Å². The van der Waals surface area contributed by atoms with Gasteiger partial charge in [-0.2, -0.15) is 0 Å². The molecule has 0 saturated carbocycles. The van der Waals surface area contributed by atoms with Gasteiger partial charge >= 0.3 is 0 Å². The molecular formula is C51H53N3. The standard InChI is InChI=1S/2C13H12.C7H8.3C6H7N/c1-11-6-5-9-13(10-11)12-7-3-2-4-8-12;1-11-7-9-13(10-8-11)12-5-3-2-4-6-12;1-7-5-3-2-4-6-7;1-6-2-4-7-5-3-6;1-6-3-2-4-7-5-6;1-6-4-2-3-5-7-6/h2*2-10H,1H3;2-6H,1H3;3*2-5H,1H3. The number of hydrogen-bond acceptors (Lipinski definition) is 3. The van der Waals surface area contributed by atoms with E-state index in [1.165, 1.54) is 50.1 Å². The van der Waals surface area contributed by atoms with E-state index < -0.39 is 0 Å². The Balaban J connectivity index is 0.000000179. The number of hydrogen-bond donors (Lipinski definition) is 0. The average Bonchev–Trinajstić information content (AvgIpc) is 3.21. The maximum Gasteiger partial charge on any atom is 0.0372 e. The molecule has 0 bridgehead atoms. The zero-order valence-corrected chi connectivity index (χ0v) is 32.5. The normalized spacial score (nSPS) is 9.30. The molecule has 0 atom stereocenters. The lowest BCUT2D eigenvalue weighted by Gasteiger charge is -2.01. The number of benzene rings is 5. The van der Waals surface area contributed by atoms with Gasteiger partial charge in [-0.3, -0.25) is 15.0 Å². The molecule has 8 aromatic rings. The molecule has 54 heavy (non-hydrogen) atoms. The van der Waals surface area contributed by atoms with Crippen LogP contribution >= 0.6 is 0 Å². The molecule has 0 unspecified atom stereocenters. The Morgan fingerprint density at radius 3 is 1.13 bits per heavy atom. The molecule has 0 fully saturated rings. The van der Waals surface area contributed by atoms with Crippen LogP contribution in [0.1, 0.15) is 33.5 Å². The lowest BCUT2D eigenvalue weighted by Crippen LogP contribution is -1.77. The zero-order chi connectivity index (χ0) is 38.6. The summed E-state index contributed by atoms with van der Waals surface area (Å²) < 4.78 is 0. The molecule has 3 aromatic heterocycles. The van der Waals surface area contributed by atoms with Crippen molar-refractivity contribution in [2.24, 2.45) is 0 Å². The molecule has 0 amide bonds. The summed E-state index contributed by atoms with van der Waals surface area (Å²) in [5.41, 5.74) is 12.6. The number of rotatable bonds is 2. The SMILES string of the molecule is Cc1ccc(-c2ccccc2)cc1.Cc1cccc(-c2ccccc2)c1.Cc1ccccc1.Cc1ccccn1.Cc1cccnc1.Cc1ccncc1. The second-order valence-corrected chi connectivity index (χ2v) is 12.6. The van der Waals surface area contributed by atoms with Crippen molar-refractivity contribution < 1.29 is 0 Å². The zero-order valence-electron chi connectivity index (χ0n) is 32.5. The molecule has 3 heteroatoms. The highest BCUT2D eigenvalue weighted by atomic mass is 14.6. The van der Waals surface area contributed by atoms with Crippen molar-refractivity contribution in [2.75, 3.05) is 0 Å². The van der Waals surface area contributed by atoms with Gasteiger partial charge in [0.2, 0.25) is 0 Å². The van der Waals surface area contributed by atoms with Crippen LogP contribution in [0.2, 0.25) is 0 Å². The van der Waals surface area contributed by atoms with Crippen molar-refractivity contribution in [1.82, 2.24) is 15.0 Å². The molecule has 5 aromatic carbocycles. The number of aromatic nitrogens is 3. The topological polar surface area (TPSA) is 38.7 Å². The molecular weight excluding hydrogens is 655 g/mol. The van der Waals surface area contributed by atoms with E-state index in [0.717, 1.165) is 5.69 Å². The average molecular weight is 708 g/mol. The molecule has 0 spiro atoms. The fourth-order valence-electron chi connectivity index (χ4n) is 4.69. The van der Waals surface area contributed by atoms with Crippen LogP contribution in [0.25, 0.3) is 22.3 Å². The quantitative estimate of drug-likeness (QED) is 0.180. The molecule has 0 aliphatic rings. The van der Waals surface area contributed by atoms with Crippen molar-refractivity contribution in [3.63, 3.8) is 0 Å². The molecule has 0 aliphatic carbocycles.